The monoisotopic (exact) mass is 308 g/mol. The molecule has 3 N–H and O–H groups in total. The van der Waals surface area contributed by atoms with Crippen LogP contribution >= 0.6 is 11.6 Å². The molecular formula is C14H21ClN6. The number of nitrogens with two attached hydrogens (primary N) is 1. The predicted octanol–water partition coefficient (Wildman–Crippen LogP) is 1.24. The van der Waals surface area contributed by atoms with Crippen LogP contribution in [0.1, 0.15) is 17.4 Å². The number of likely N-dealkylation sites (N-methyl/N-ethyl adjacent to an activating group) is 1. The van der Waals surface area contributed by atoms with Crippen LogP contribution in [0.2, 0.25) is 5.02 Å². The van der Waals surface area contributed by atoms with E-state index in [4.69, 9.17) is 17.4 Å². The quantitative estimate of drug-likeness (QED) is 0.595. The van der Waals surface area contributed by atoms with Crippen LogP contribution in [-0.2, 0) is 13.0 Å². The first-order valence-electron chi connectivity index (χ1n) is 6.83. The lowest BCUT2D eigenvalue weighted by molar-refractivity contribution is 0.362. The van der Waals surface area contributed by atoms with E-state index in [0.29, 0.717) is 11.4 Å². The van der Waals surface area contributed by atoms with Gasteiger partial charge in [0.15, 0.2) is 0 Å². The average Bonchev–Trinajstić information content (AvgIpc) is 2.85. The molecule has 2 rings (SSSR count). The number of hydrogen-bond acceptors (Lipinski definition) is 5. The second-order valence-corrected chi connectivity index (χ2v) is 5.56. The van der Waals surface area contributed by atoms with Gasteiger partial charge < -0.3 is 4.90 Å². The van der Waals surface area contributed by atoms with Gasteiger partial charge in [-0.1, -0.05) is 17.7 Å². The fraction of sp³-hybridized carbons (Fsp3) is 0.429. The molecule has 0 saturated carbocycles. The van der Waals surface area contributed by atoms with Gasteiger partial charge in [-0.15, -0.1) is 0 Å². The van der Waals surface area contributed by atoms with Crippen molar-refractivity contribution in [2.75, 3.05) is 20.6 Å². The smallest absolute Gasteiger partial charge is 0.0834 e. The fourth-order valence-electron chi connectivity index (χ4n) is 2.15. The van der Waals surface area contributed by atoms with E-state index in [1.165, 1.54) is 0 Å². The summed E-state index contributed by atoms with van der Waals surface area (Å²) >= 11 is 6.29. The maximum Gasteiger partial charge on any atom is 0.0834 e. The van der Waals surface area contributed by atoms with Gasteiger partial charge in [0.2, 0.25) is 0 Å². The zero-order chi connectivity index (χ0) is 15.2. The highest BCUT2D eigenvalue weighted by molar-refractivity contribution is 6.31. The molecule has 0 fully saturated rings. The Morgan fingerprint density at radius 2 is 2.24 bits per heavy atom. The molecule has 0 aliphatic rings. The molecular weight excluding hydrogens is 288 g/mol. The molecule has 1 atom stereocenters. The molecule has 0 amide bonds. The molecule has 0 aliphatic carbocycles. The molecule has 6 nitrogen and oxygen atoms in total. The SMILES string of the molecule is CN(C)CCn1ncc(Cl)c1C(Cc1ccccn1)NN. The summed E-state index contributed by atoms with van der Waals surface area (Å²) in [5.74, 6) is 5.72. The number of nitrogens with zero attached hydrogens (tertiary/aromatic N) is 4. The highest BCUT2D eigenvalue weighted by Gasteiger charge is 2.20. The minimum Gasteiger partial charge on any atom is -0.308 e. The predicted molar refractivity (Wildman–Crippen MR) is 83.8 cm³/mol. The summed E-state index contributed by atoms with van der Waals surface area (Å²) < 4.78 is 1.90. The molecule has 0 saturated heterocycles. The molecule has 0 aromatic carbocycles. The van der Waals surface area contributed by atoms with Crippen LogP contribution in [0.25, 0.3) is 0 Å². The standard InChI is InChI=1S/C14H21ClN6/c1-20(2)7-8-21-14(12(15)10-18-21)13(19-16)9-11-5-3-4-6-17-11/h3-6,10,13,19H,7-9,16H2,1-2H3. The van der Waals surface area contributed by atoms with Crippen molar-refractivity contribution >= 4 is 11.6 Å². The molecule has 0 bridgehead atoms. The van der Waals surface area contributed by atoms with Crippen molar-refractivity contribution in [3.05, 3.63) is 47.0 Å². The number of hydrogen-bond donors (Lipinski definition) is 2. The zero-order valence-electron chi connectivity index (χ0n) is 12.3. The Labute approximate surface area is 129 Å². The van der Waals surface area contributed by atoms with Crippen molar-refractivity contribution in [2.45, 2.75) is 19.0 Å². The van der Waals surface area contributed by atoms with E-state index in [0.717, 1.165) is 24.5 Å². The summed E-state index contributed by atoms with van der Waals surface area (Å²) in [6.07, 6.45) is 4.09. The van der Waals surface area contributed by atoms with Gasteiger partial charge in [-0.2, -0.15) is 5.10 Å². The lowest BCUT2D eigenvalue weighted by Crippen LogP contribution is -2.32. The van der Waals surface area contributed by atoms with Gasteiger partial charge >= 0.3 is 0 Å². The third-order valence-electron chi connectivity index (χ3n) is 3.26. The molecule has 0 aliphatic heterocycles. The first kappa shape index (κ1) is 15.9. The van der Waals surface area contributed by atoms with Gasteiger partial charge in [-0.25, -0.2) is 0 Å². The van der Waals surface area contributed by atoms with E-state index in [2.05, 4.69) is 20.4 Å². The first-order chi connectivity index (χ1) is 10.1. The maximum absolute atomic E-state index is 6.29. The molecule has 0 spiro atoms. The van der Waals surface area contributed by atoms with E-state index in [-0.39, 0.29) is 6.04 Å². The van der Waals surface area contributed by atoms with Crippen molar-refractivity contribution < 1.29 is 0 Å². The number of hydrazine groups is 1. The number of pyridine rings is 1. The summed E-state index contributed by atoms with van der Waals surface area (Å²) in [6.45, 7) is 1.64. The summed E-state index contributed by atoms with van der Waals surface area (Å²) in [7, 11) is 4.05. The van der Waals surface area contributed by atoms with Crippen molar-refractivity contribution in [3.63, 3.8) is 0 Å². The fourth-order valence-corrected chi connectivity index (χ4v) is 2.43. The van der Waals surface area contributed by atoms with E-state index in [1.807, 2.05) is 37.0 Å². The van der Waals surface area contributed by atoms with Crippen molar-refractivity contribution in [3.8, 4) is 0 Å². The van der Waals surface area contributed by atoms with Crippen LogP contribution < -0.4 is 11.3 Å². The minimum absolute atomic E-state index is 0.128. The highest BCUT2D eigenvalue weighted by Crippen LogP contribution is 2.24. The Hall–Kier alpha value is -1.47. The molecule has 2 heterocycles. The Bertz CT molecular complexity index is 554. The van der Waals surface area contributed by atoms with Crippen LogP contribution in [0.4, 0.5) is 0 Å². The lowest BCUT2D eigenvalue weighted by atomic mass is 10.1. The van der Waals surface area contributed by atoms with Gasteiger partial charge in [-0.05, 0) is 26.2 Å². The number of aromatic nitrogens is 3. The molecule has 1 unspecified atom stereocenters. The van der Waals surface area contributed by atoms with E-state index < -0.39 is 0 Å². The highest BCUT2D eigenvalue weighted by atomic mass is 35.5. The van der Waals surface area contributed by atoms with Crippen molar-refractivity contribution in [1.29, 1.82) is 0 Å². The third-order valence-corrected chi connectivity index (χ3v) is 3.55. The molecule has 0 radical (unpaired) electrons. The van der Waals surface area contributed by atoms with Crippen LogP contribution in [0, 0.1) is 0 Å². The summed E-state index contributed by atoms with van der Waals surface area (Å²) in [6, 6.07) is 5.69. The Morgan fingerprint density at radius 3 is 2.86 bits per heavy atom. The van der Waals surface area contributed by atoms with Gasteiger partial charge in [-0.3, -0.25) is 20.9 Å². The first-order valence-corrected chi connectivity index (χ1v) is 7.21. The number of halogens is 1. The Morgan fingerprint density at radius 1 is 1.43 bits per heavy atom. The minimum atomic E-state index is -0.128. The van der Waals surface area contributed by atoms with Gasteiger partial charge in [0.25, 0.3) is 0 Å². The topological polar surface area (TPSA) is 72.0 Å². The van der Waals surface area contributed by atoms with E-state index in [9.17, 15) is 0 Å². The summed E-state index contributed by atoms with van der Waals surface area (Å²) in [4.78, 5) is 6.43. The molecule has 7 heteroatoms. The number of nitrogens with one attached hydrogen (secondary N) is 1. The lowest BCUT2D eigenvalue weighted by Gasteiger charge is -2.19. The third kappa shape index (κ3) is 4.25. The van der Waals surface area contributed by atoms with Crippen molar-refractivity contribution in [2.24, 2.45) is 5.84 Å². The maximum atomic E-state index is 6.29. The van der Waals surface area contributed by atoms with Crippen LogP contribution in [0.3, 0.4) is 0 Å². The second kappa shape index (κ2) is 7.51. The van der Waals surface area contributed by atoms with E-state index >= 15 is 0 Å². The van der Waals surface area contributed by atoms with Gasteiger partial charge in [0.05, 0.1) is 29.5 Å². The largest absolute Gasteiger partial charge is 0.308 e. The summed E-state index contributed by atoms with van der Waals surface area (Å²) in [5.41, 5.74) is 4.67. The molecule has 2 aromatic rings. The zero-order valence-corrected chi connectivity index (χ0v) is 13.1. The normalized spacial score (nSPS) is 12.8. The summed E-state index contributed by atoms with van der Waals surface area (Å²) in [5, 5.41) is 4.96. The molecule has 2 aromatic heterocycles. The van der Waals surface area contributed by atoms with Crippen LogP contribution in [-0.4, -0.2) is 40.3 Å². The second-order valence-electron chi connectivity index (χ2n) is 5.15. The Kier molecular flexibility index (Phi) is 5.69. The van der Waals surface area contributed by atoms with Gasteiger partial charge in [0, 0.05) is 24.9 Å². The molecule has 21 heavy (non-hydrogen) atoms. The van der Waals surface area contributed by atoms with Crippen LogP contribution in [0.15, 0.2) is 30.6 Å². The number of rotatable bonds is 7. The average molecular weight is 309 g/mol. The van der Waals surface area contributed by atoms with Gasteiger partial charge in [0.1, 0.15) is 0 Å². The van der Waals surface area contributed by atoms with E-state index in [1.54, 1.807) is 12.4 Å². The molecule has 114 valence electrons. The van der Waals surface area contributed by atoms with Crippen molar-refractivity contribution in [1.82, 2.24) is 25.1 Å². The Balaban J connectivity index is 2.19. The van der Waals surface area contributed by atoms with Crippen LogP contribution in [0.5, 0.6) is 0 Å².